The second kappa shape index (κ2) is 6.03. The van der Waals surface area contributed by atoms with Crippen molar-refractivity contribution < 1.29 is 18.4 Å². The summed E-state index contributed by atoms with van der Waals surface area (Å²) in [5.74, 6) is -0.820. The largest absolute Gasteiger partial charge is 0.409 e. The molecule has 0 spiro atoms. The molecule has 0 fully saturated rings. The Kier molecular flexibility index (Phi) is 5.59. The van der Waals surface area contributed by atoms with Crippen LogP contribution in [0.3, 0.4) is 0 Å². The molecule has 0 rings (SSSR count). The van der Waals surface area contributed by atoms with Crippen molar-refractivity contribution in [3.63, 3.8) is 0 Å². The zero-order valence-electron chi connectivity index (χ0n) is 11.1. The van der Waals surface area contributed by atoms with E-state index in [1.54, 1.807) is 13.8 Å². The molecule has 2 unspecified atom stereocenters. The Morgan fingerprint density at radius 2 is 2.06 bits per heavy atom. The number of carbonyl (C=O) groups is 1. The molecule has 7 nitrogen and oxygen atoms in total. The zero-order chi connectivity index (χ0) is 14.6. The van der Waals surface area contributed by atoms with E-state index in [0.29, 0.717) is 6.42 Å². The third-order valence-electron chi connectivity index (χ3n) is 2.81. The van der Waals surface area contributed by atoms with Gasteiger partial charge in [-0.1, -0.05) is 12.1 Å². The van der Waals surface area contributed by atoms with Crippen LogP contribution in [0.2, 0.25) is 0 Å². The van der Waals surface area contributed by atoms with Gasteiger partial charge in [-0.3, -0.25) is 4.79 Å². The average Bonchev–Trinajstić information content (AvgIpc) is 2.23. The molecule has 0 aromatic carbocycles. The Morgan fingerprint density at radius 1 is 1.56 bits per heavy atom. The minimum atomic E-state index is -3.17. The second-order valence-corrected chi connectivity index (χ2v) is 6.82. The van der Waals surface area contributed by atoms with Gasteiger partial charge in [0.05, 0.1) is 5.75 Å². The van der Waals surface area contributed by atoms with Crippen LogP contribution in [0.25, 0.3) is 0 Å². The van der Waals surface area contributed by atoms with Gasteiger partial charge in [-0.2, -0.15) is 0 Å². The molecule has 1 amide bonds. The van der Waals surface area contributed by atoms with E-state index in [4.69, 9.17) is 10.9 Å². The first-order valence-electron chi connectivity index (χ1n) is 5.53. The molecule has 8 heteroatoms. The molecular formula is C10H21N3O4S. The second-order valence-electron chi connectivity index (χ2n) is 4.64. The third kappa shape index (κ3) is 4.52. The van der Waals surface area contributed by atoms with Gasteiger partial charge in [0.25, 0.3) is 0 Å². The van der Waals surface area contributed by atoms with Gasteiger partial charge in [0.15, 0.2) is 5.84 Å². The number of nitrogens with two attached hydrogens (primary N) is 1. The predicted molar refractivity (Wildman–Crippen MR) is 69.1 cm³/mol. The van der Waals surface area contributed by atoms with Crippen LogP contribution >= 0.6 is 0 Å². The minimum absolute atomic E-state index is 0.158. The summed E-state index contributed by atoms with van der Waals surface area (Å²) < 4.78 is 22.2. The Balaban J connectivity index is 4.85. The summed E-state index contributed by atoms with van der Waals surface area (Å²) in [5, 5.41) is 14.1. The molecule has 0 aliphatic heterocycles. The van der Waals surface area contributed by atoms with Crippen LogP contribution in [0, 0.1) is 5.41 Å². The van der Waals surface area contributed by atoms with Crippen molar-refractivity contribution in [2.75, 3.05) is 12.0 Å². The van der Waals surface area contributed by atoms with E-state index in [1.165, 1.54) is 6.92 Å². The summed E-state index contributed by atoms with van der Waals surface area (Å²) in [6, 6.07) is -0.537. The molecule has 0 bridgehead atoms. The molecule has 0 saturated carbocycles. The van der Waals surface area contributed by atoms with Gasteiger partial charge >= 0.3 is 0 Å². The standard InChI is InChI=1S/C10H21N3O4S/c1-5-10(3,8(11)13-15)9(14)12-7(2)6-18(4,16)17/h7,15H,5-6H2,1-4H3,(H2,11,13)(H,12,14). The monoisotopic (exact) mass is 279 g/mol. The highest BCUT2D eigenvalue weighted by Crippen LogP contribution is 2.21. The molecule has 18 heavy (non-hydrogen) atoms. The quantitative estimate of drug-likeness (QED) is 0.267. The summed E-state index contributed by atoms with van der Waals surface area (Å²) in [6.07, 6.45) is 1.43. The van der Waals surface area contributed by atoms with Gasteiger partial charge in [0.1, 0.15) is 15.3 Å². The lowest BCUT2D eigenvalue weighted by atomic mass is 9.85. The van der Waals surface area contributed by atoms with Crippen LogP contribution in [0.5, 0.6) is 0 Å². The fourth-order valence-electron chi connectivity index (χ4n) is 1.45. The Bertz CT molecular complexity index is 432. The van der Waals surface area contributed by atoms with E-state index in [2.05, 4.69) is 10.5 Å². The molecule has 0 saturated heterocycles. The minimum Gasteiger partial charge on any atom is -0.409 e. The van der Waals surface area contributed by atoms with Crippen LogP contribution in [0.1, 0.15) is 27.2 Å². The third-order valence-corrected chi connectivity index (χ3v) is 3.92. The van der Waals surface area contributed by atoms with Crippen LogP contribution in [0.15, 0.2) is 5.16 Å². The highest BCUT2D eigenvalue weighted by molar-refractivity contribution is 7.90. The molecule has 0 aliphatic rings. The van der Waals surface area contributed by atoms with Gasteiger partial charge in [0.2, 0.25) is 5.91 Å². The molecule has 0 aliphatic carbocycles. The van der Waals surface area contributed by atoms with Crippen molar-refractivity contribution in [3.8, 4) is 0 Å². The number of sulfone groups is 1. The van der Waals surface area contributed by atoms with Gasteiger partial charge in [0, 0.05) is 12.3 Å². The van der Waals surface area contributed by atoms with Gasteiger partial charge in [-0.25, -0.2) is 8.42 Å². The van der Waals surface area contributed by atoms with E-state index in [-0.39, 0.29) is 11.6 Å². The number of amidine groups is 1. The van der Waals surface area contributed by atoms with Crippen molar-refractivity contribution >= 4 is 21.6 Å². The summed E-state index contributed by atoms with van der Waals surface area (Å²) >= 11 is 0. The van der Waals surface area contributed by atoms with E-state index < -0.39 is 27.2 Å². The van der Waals surface area contributed by atoms with Gasteiger partial charge in [-0.15, -0.1) is 0 Å². The smallest absolute Gasteiger partial charge is 0.233 e. The zero-order valence-corrected chi connectivity index (χ0v) is 11.9. The fraction of sp³-hybridized carbons (Fsp3) is 0.800. The van der Waals surface area contributed by atoms with Crippen LogP contribution in [-0.2, 0) is 14.6 Å². The average molecular weight is 279 g/mol. The molecular weight excluding hydrogens is 258 g/mol. The molecule has 0 heterocycles. The number of rotatable bonds is 6. The number of nitrogens with zero attached hydrogens (tertiary/aromatic N) is 1. The van der Waals surface area contributed by atoms with Crippen LogP contribution in [0.4, 0.5) is 0 Å². The fourth-order valence-corrected chi connectivity index (χ4v) is 2.44. The number of hydrogen-bond acceptors (Lipinski definition) is 5. The van der Waals surface area contributed by atoms with Gasteiger partial charge in [-0.05, 0) is 20.3 Å². The highest BCUT2D eigenvalue weighted by Gasteiger charge is 2.37. The molecule has 0 aromatic heterocycles. The Hall–Kier alpha value is -1.31. The van der Waals surface area contributed by atoms with E-state index >= 15 is 0 Å². The predicted octanol–water partition coefficient (Wildman–Crippen LogP) is -0.302. The molecule has 106 valence electrons. The topological polar surface area (TPSA) is 122 Å². The molecule has 0 aromatic rings. The number of amides is 1. The SMILES string of the molecule is CCC(C)(C(=O)NC(C)CS(C)(=O)=O)C(N)=NO. The maximum atomic E-state index is 12.0. The lowest BCUT2D eigenvalue weighted by Gasteiger charge is -2.27. The Morgan fingerprint density at radius 3 is 2.39 bits per heavy atom. The highest BCUT2D eigenvalue weighted by atomic mass is 32.2. The van der Waals surface area contributed by atoms with Crippen molar-refractivity contribution in [1.29, 1.82) is 0 Å². The van der Waals surface area contributed by atoms with Crippen molar-refractivity contribution in [2.24, 2.45) is 16.3 Å². The number of oxime groups is 1. The summed E-state index contributed by atoms with van der Waals surface area (Å²) in [6.45, 7) is 4.84. The van der Waals surface area contributed by atoms with Crippen LogP contribution < -0.4 is 11.1 Å². The lowest BCUT2D eigenvalue weighted by molar-refractivity contribution is -0.127. The normalized spacial score (nSPS) is 17.9. The maximum Gasteiger partial charge on any atom is 0.233 e. The van der Waals surface area contributed by atoms with Crippen molar-refractivity contribution in [2.45, 2.75) is 33.2 Å². The van der Waals surface area contributed by atoms with E-state index in [1.807, 2.05) is 0 Å². The number of nitrogens with one attached hydrogen (secondary N) is 1. The van der Waals surface area contributed by atoms with Gasteiger partial charge < -0.3 is 16.3 Å². The summed E-state index contributed by atoms with van der Waals surface area (Å²) in [5.41, 5.74) is 4.33. The number of carbonyl (C=O) groups excluding carboxylic acids is 1. The first-order valence-corrected chi connectivity index (χ1v) is 7.59. The maximum absolute atomic E-state index is 12.0. The molecule has 0 radical (unpaired) electrons. The van der Waals surface area contributed by atoms with Crippen LogP contribution in [-0.4, -0.2) is 43.4 Å². The summed E-state index contributed by atoms with van der Waals surface area (Å²) in [4.78, 5) is 12.0. The molecule has 4 N–H and O–H groups in total. The first kappa shape index (κ1) is 16.7. The summed E-state index contributed by atoms with van der Waals surface area (Å²) in [7, 11) is -3.17. The van der Waals surface area contributed by atoms with Crippen molar-refractivity contribution in [1.82, 2.24) is 5.32 Å². The van der Waals surface area contributed by atoms with E-state index in [9.17, 15) is 13.2 Å². The van der Waals surface area contributed by atoms with Crippen molar-refractivity contribution in [3.05, 3.63) is 0 Å². The van der Waals surface area contributed by atoms with E-state index in [0.717, 1.165) is 6.26 Å². The lowest BCUT2D eigenvalue weighted by Crippen LogP contribution is -2.51. The number of hydrogen-bond donors (Lipinski definition) is 3. The molecule has 2 atom stereocenters. The Labute approximate surface area is 107 Å². The first-order chi connectivity index (χ1) is 8.06.